The van der Waals surface area contributed by atoms with Gasteiger partial charge in [-0.15, -0.1) is 0 Å². The fourth-order valence-corrected chi connectivity index (χ4v) is 4.13. The second-order valence-electron chi connectivity index (χ2n) is 8.15. The number of carbonyl (C=O) groups is 2. The Balaban J connectivity index is 1.33. The number of amides is 2. The van der Waals surface area contributed by atoms with Crippen LogP contribution in [0.3, 0.4) is 0 Å². The van der Waals surface area contributed by atoms with Gasteiger partial charge in [0.25, 0.3) is 0 Å². The van der Waals surface area contributed by atoms with E-state index in [4.69, 9.17) is 0 Å². The second kappa shape index (κ2) is 9.30. The highest BCUT2D eigenvalue weighted by Crippen LogP contribution is 2.30. The molecule has 2 heterocycles. The van der Waals surface area contributed by atoms with Gasteiger partial charge in [0.15, 0.2) is 0 Å². The van der Waals surface area contributed by atoms with Gasteiger partial charge in [-0.2, -0.15) is 13.2 Å². The van der Waals surface area contributed by atoms with Crippen molar-refractivity contribution in [2.45, 2.75) is 19.1 Å². The van der Waals surface area contributed by atoms with Gasteiger partial charge in [0, 0.05) is 19.6 Å². The number of hydrogen-bond acceptors (Lipinski definition) is 4. The Morgan fingerprint density at radius 2 is 1.62 bits per heavy atom. The zero-order valence-electron chi connectivity index (χ0n) is 17.6. The van der Waals surface area contributed by atoms with Gasteiger partial charge in [-0.3, -0.25) is 24.3 Å². The molecule has 9 heteroatoms. The van der Waals surface area contributed by atoms with Crippen LogP contribution >= 0.6 is 0 Å². The first-order valence-corrected chi connectivity index (χ1v) is 10.6. The van der Waals surface area contributed by atoms with E-state index in [0.29, 0.717) is 31.0 Å². The van der Waals surface area contributed by atoms with Crippen molar-refractivity contribution in [1.29, 1.82) is 0 Å². The first-order chi connectivity index (χ1) is 15.3. The molecule has 2 amide bonds. The molecule has 0 bridgehead atoms. The number of nitrogens with one attached hydrogen (secondary N) is 1. The van der Waals surface area contributed by atoms with Crippen molar-refractivity contribution in [3.8, 4) is 0 Å². The zero-order chi connectivity index (χ0) is 22.7. The van der Waals surface area contributed by atoms with Crippen LogP contribution in [0.2, 0.25) is 0 Å². The van der Waals surface area contributed by atoms with Crippen LogP contribution in [-0.2, 0) is 22.3 Å². The fourth-order valence-electron chi connectivity index (χ4n) is 4.13. The van der Waals surface area contributed by atoms with E-state index >= 15 is 0 Å². The van der Waals surface area contributed by atoms with Crippen molar-refractivity contribution in [3.05, 3.63) is 59.7 Å². The molecule has 0 radical (unpaired) electrons. The van der Waals surface area contributed by atoms with E-state index in [1.54, 1.807) is 6.07 Å². The number of rotatable bonds is 4. The predicted octanol–water partition coefficient (Wildman–Crippen LogP) is 3.20. The number of alkyl halides is 3. The summed E-state index contributed by atoms with van der Waals surface area (Å²) in [6.07, 6.45) is -3.48. The third kappa shape index (κ3) is 5.28. The first kappa shape index (κ1) is 22.3. The van der Waals surface area contributed by atoms with E-state index in [9.17, 15) is 22.8 Å². The maximum absolute atomic E-state index is 13.0. The average molecular weight is 446 g/mol. The SMILES string of the molecule is O=C1CN(C(=O)CN2CCCN(Cc3ccc(C(F)(F)F)cc3)CC2)c2ccccc2N1. The third-order valence-corrected chi connectivity index (χ3v) is 5.80. The van der Waals surface area contributed by atoms with Gasteiger partial charge in [0.1, 0.15) is 6.54 Å². The molecule has 1 saturated heterocycles. The van der Waals surface area contributed by atoms with Gasteiger partial charge in [0.05, 0.1) is 23.5 Å². The second-order valence-corrected chi connectivity index (χ2v) is 8.15. The number of hydrogen-bond donors (Lipinski definition) is 1. The molecule has 4 rings (SSSR count). The smallest absolute Gasteiger partial charge is 0.323 e. The number of halogens is 3. The molecule has 0 saturated carbocycles. The zero-order valence-corrected chi connectivity index (χ0v) is 17.6. The van der Waals surface area contributed by atoms with E-state index in [-0.39, 0.29) is 24.9 Å². The average Bonchev–Trinajstić information content (AvgIpc) is 2.98. The summed E-state index contributed by atoms with van der Waals surface area (Å²) in [7, 11) is 0. The number of carbonyl (C=O) groups excluding carboxylic acids is 2. The Bertz CT molecular complexity index is 978. The van der Waals surface area contributed by atoms with E-state index in [1.165, 1.54) is 17.0 Å². The molecule has 2 aliphatic heterocycles. The number of nitrogens with zero attached hydrogens (tertiary/aromatic N) is 3. The standard InChI is InChI=1S/C23H25F3N4O2/c24-23(25,26)18-8-6-17(7-9-18)14-28-10-3-11-29(13-12-28)16-22(32)30-15-21(31)27-19-4-1-2-5-20(19)30/h1-2,4-9H,3,10-16H2,(H,27,31). The normalized spacial score (nSPS) is 18.1. The lowest BCUT2D eigenvalue weighted by atomic mass is 10.1. The minimum Gasteiger partial charge on any atom is -0.323 e. The topological polar surface area (TPSA) is 55.9 Å². The monoisotopic (exact) mass is 446 g/mol. The molecular formula is C23H25F3N4O2. The van der Waals surface area contributed by atoms with Gasteiger partial charge < -0.3 is 5.32 Å². The Labute approximate surface area is 184 Å². The summed E-state index contributed by atoms with van der Waals surface area (Å²) in [6.45, 7) is 3.73. The van der Waals surface area contributed by atoms with Gasteiger partial charge in [0.2, 0.25) is 11.8 Å². The molecule has 2 aliphatic rings. The Kier molecular flexibility index (Phi) is 6.48. The van der Waals surface area contributed by atoms with Crippen LogP contribution < -0.4 is 10.2 Å². The summed E-state index contributed by atoms with van der Waals surface area (Å²) in [5, 5.41) is 2.78. The Hall–Kier alpha value is -2.91. The van der Waals surface area contributed by atoms with Gasteiger partial charge in [-0.1, -0.05) is 24.3 Å². The maximum atomic E-state index is 13.0. The van der Waals surface area contributed by atoms with Crippen LogP contribution in [0.4, 0.5) is 24.5 Å². The minimum atomic E-state index is -4.33. The summed E-state index contributed by atoms with van der Waals surface area (Å²) in [5.41, 5.74) is 1.53. The van der Waals surface area contributed by atoms with Crippen molar-refractivity contribution in [3.63, 3.8) is 0 Å². The summed E-state index contributed by atoms with van der Waals surface area (Å²) in [4.78, 5) is 30.8. The first-order valence-electron chi connectivity index (χ1n) is 10.6. The van der Waals surface area contributed by atoms with E-state index < -0.39 is 11.7 Å². The molecule has 0 unspecified atom stereocenters. The van der Waals surface area contributed by atoms with Crippen LogP contribution in [-0.4, -0.2) is 60.9 Å². The van der Waals surface area contributed by atoms with Gasteiger partial charge in [-0.25, -0.2) is 0 Å². The largest absolute Gasteiger partial charge is 0.416 e. The molecule has 0 aliphatic carbocycles. The van der Waals surface area contributed by atoms with Crippen LogP contribution in [0.25, 0.3) is 0 Å². The highest BCUT2D eigenvalue weighted by molar-refractivity contribution is 6.10. The molecule has 2 aromatic carbocycles. The number of benzene rings is 2. The molecule has 2 aromatic rings. The van der Waals surface area contributed by atoms with Crippen LogP contribution in [0.1, 0.15) is 17.5 Å². The highest BCUT2D eigenvalue weighted by Gasteiger charge is 2.30. The van der Waals surface area contributed by atoms with Crippen molar-refractivity contribution in [1.82, 2.24) is 9.80 Å². The lowest BCUT2D eigenvalue weighted by molar-refractivity contribution is -0.137. The Morgan fingerprint density at radius 1 is 0.938 bits per heavy atom. The summed E-state index contributed by atoms with van der Waals surface area (Å²) in [5.74, 6) is -0.334. The van der Waals surface area contributed by atoms with Crippen molar-refractivity contribution in [2.24, 2.45) is 0 Å². The van der Waals surface area contributed by atoms with Gasteiger partial charge in [-0.05, 0) is 49.3 Å². The van der Waals surface area contributed by atoms with Crippen LogP contribution in [0.15, 0.2) is 48.5 Å². The molecule has 0 atom stereocenters. The maximum Gasteiger partial charge on any atom is 0.416 e. The quantitative estimate of drug-likeness (QED) is 0.784. The molecule has 6 nitrogen and oxygen atoms in total. The van der Waals surface area contributed by atoms with Crippen LogP contribution in [0.5, 0.6) is 0 Å². The van der Waals surface area contributed by atoms with E-state index in [0.717, 1.165) is 37.2 Å². The number of para-hydroxylation sites is 2. The molecular weight excluding hydrogens is 421 g/mol. The summed E-state index contributed by atoms with van der Waals surface area (Å²) >= 11 is 0. The van der Waals surface area contributed by atoms with Crippen molar-refractivity contribution >= 4 is 23.2 Å². The lowest BCUT2D eigenvalue weighted by Crippen LogP contribution is -2.47. The summed E-state index contributed by atoms with van der Waals surface area (Å²) in [6, 6.07) is 12.5. The molecule has 0 aromatic heterocycles. The fraction of sp³-hybridized carbons (Fsp3) is 0.391. The molecule has 1 fully saturated rings. The van der Waals surface area contributed by atoms with Gasteiger partial charge >= 0.3 is 6.18 Å². The molecule has 32 heavy (non-hydrogen) atoms. The summed E-state index contributed by atoms with van der Waals surface area (Å²) < 4.78 is 38.2. The minimum absolute atomic E-state index is 0.00370. The highest BCUT2D eigenvalue weighted by atomic mass is 19.4. The lowest BCUT2D eigenvalue weighted by Gasteiger charge is -2.31. The number of anilines is 2. The van der Waals surface area contributed by atoms with Crippen molar-refractivity contribution in [2.75, 3.05) is 49.5 Å². The van der Waals surface area contributed by atoms with E-state index in [1.807, 2.05) is 18.2 Å². The van der Waals surface area contributed by atoms with E-state index in [2.05, 4.69) is 15.1 Å². The predicted molar refractivity (Wildman–Crippen MR) is 115 cm³/mol. The molecule has 1 N–H and O–H groups in total. The van der Waals surface area contributed by atoms with Crippen LogP contribution in [0, 0.1) is 0 Å². The molecule has 170 valence electrons. The van der Waals surface area contributed by atoms with Crippen molar-refractivity contribution < 1.29 is 22.8 Å². The molecule has 0 spiro atoms. The number of fused-ring (bicyclic) bond motifs is 1. The third-order valence-electron chi connectivity index (χ3n) is 5.80. The Morgan fingerprint density at radius 3 is 2.38 bits per heavy atom.